The number of nitrogens with zero attached hydrogens (tertiary/aromatic N) is 18. The van der Waals surface area contributed by atoms with Crippen molar-refractivity contribution >= 4 is 174 Å². The molecular weight excluding hydrogens is 1490 g/mol. The second-order valence-corrected chi connectivity index (χ2v) is 18.1. The van der Waals surface area contributed by atoms with Gasteiger partial charge in [0.15, 0.2) is 0 Å². The van der Waals surface area contributed by atoms with Crippen molar-refractivity contribution in [3.8, 4) is 34.2 Å². The number of nitrogens with one attached hydrogen (secondary N) is 6. The Morgan fingerprint density at radius 1 is 0.192 bits per heavy atom. The molecule has 0 spiro atoms. The Hall–Kier alpha value is -11.0. The summed E-state index contributed by atoms with van der Waals surface area (Å²) in [5, 5.41) is 70.0. The number of isothiocyanates is 6. The smallest absolute Gasteiger partial charge is 0.753 e. The molecule has 0 aliphatic rings. The quantitative estimate of drug-likeness (QED) is 0.0315. The fourth-order valence-corrected chi connectivity index (χ4v) is 7.29. The first kappa shape index (κ1) is 86.0. The van der Waals surface area contributed by atoms with Crippen LogP contribution in [0.2, 0.25) is 0 Å². The molecule has 0 radical (unpaired) electrons. The molecule has 0 unspecified atom stereocenters. The second kappa shape index (κ2) is 54.1. The monoisotopic (exact) mass is 1540 g/mol. The molecule has 0 atom stereocenters. The van der Waals surface area contributed by atoms with E-state index in [4.69, 9.17) is 32.5 Å². The molecule has 12 heterocycles. The number of rotatable bonds is 15. The third-order valence-electron chi connectivity index (χ3n) is 10.8. The van der Waals surface area contributed by atoms with Crippen molar-refractivity contribution in [3.05, 3.63) is 288 Å². The first-order chi connectivity index (χ1) is 47.1. The van der Waals surface area contributed by atoms with Gasteiger partial charge in [-0.15, -0.1) is 0 Å². The van der Waals surface area contributed by atoms with Gasteiger partial charge in [-0.1, -0.05) is 146 Å². The number of hydrogen-bond donors (Lipinski definition) is 6. The molecule has 0 bridgehead atoms. The normalized spacial score (nSPS) is 8.61. The van der Waals surface area contributed by atoms with Crippen molar-refractivity contribution in [1.29, 1.82) is 0 Å². The first-order valence-corrected chi connectivity index (χ1v) is 29.5. The maximum absolute atomic E-state index is 7.13. The molecule has 24 nitrogen and oxygen atoms in total. The summed E-state index contributed by atoms with van der Waals surface area (Å²) in [7, 11) is 0. The van der Waals surface area contributed by atoms with Crippen LogP contribution in [0.5, 0.6) is 0 Å². The molecular formula is C66H48Fe3N24S6. The van der Waals surface area contributed by atoms with Crippen LogP contribution in [0.3, 0.4) is 0 Å². The minimum Gasteiger partial charge on any atom is -0.753 e. The summed E-state index contributed by atoms with van der Waals surface area (Å²) in [4.78, 5) is 53.3. The number of hydrogen-bond acceptors (Lipinski definition) is 24. The Bertz CT molecular complexity index is 3710. The predicted octanol–water partition coefficient (Wildman–Crippen LogP) is 17.2. The summed E-state index contributed by atoms with van der Waals surface area (Å²) >= 11 is 22.2. The van der Waals surface area contributed by atoms with Gasteiger partial charge in [0.1, 0.15) is 69.8 Å². The summed E-state index contributed by atoms with van der Waals surface area (Å²) in [6.07, 6.45) is 10.4. The standard InChI is InChI=1S/3C20H16N6.6CNS.3Fe/c3*1-3-13-21-17(9-1)25-19-11-5-7-15(23-19)16-8-6-12-20(24-16)26-18-10-2-4-14-22-18;6*2-1-3;;;/h3*1-14H,(H,21,23,25)(H,22,24,26);;;;;;;;;/q;;;6*-1;3*+2. The van der Waals surface area contributed by atoms with Gasteiger partial charge >= 0.3 is 51.2 Å². The van der Waals surface area contributed by atoms with E-state index in [1.165, 1.54) is 31.0 Å². The second-order valence-electron chi connectivity index (χ2n) is 17.0. The molecule has 99 heavy (non-hydrogen) atoms. The van der Waals surface area contributed by atoms with Gasteiger partial charge in [-0.05, 0) is 146 Å². The molecule has 6 N–H and O–H groups in total. The van der Waals surface area contributed by atoms with Gasteiger partial charge in [-0.3, -0.25) is 0 Å². The van der Waals surface area contributed by atoms with Gasteiger partial charge in [0.25, 0.3) is 0 Å². The van der Waals surface area contributed by atoms with Gasteiger partial charge < -0.3 is 64.4 Å². The maximum atomic E-state index is 7.13. The molecule has 0 saturated heterocycles. The molecule has 0 amide bonds. The Morgan fingerprint density at radius 3 is 0.424 bits per heavy atom. The molecule has 12 rings (SSSR count). The molecule has 12 aromatic rings. The summed E-state index contributed by atoms with van der Waals surface area (Å²) in [6.45, 7) is 0. The zero-order chi connectivity index (χ0) is 69.1. The zero-order valence-corrected chi connectivity index (χ0v) is 59.0. The van der Waals surface area contributed by atoms with Crippen LogP contribution in [-0.4, -0.2) is 90.8 Å². The zero-order valence-electron chi connectivity index (χ0n) is 50.8. The average molecular weight is 1540 g/mol. The molecule has 0 fully saturated rings. The molecule has 0 aromatic carbocycles. The number of aromatic nitrogens is 12. The molecule has 33 heteroatoms. The van der Waals surface area contributed by atoms with Crippen molar-refractivity contribution in [2.24, 2.45) is 0 Å². The van der Waals surface area contributed by atoms with E-state index in [1.807, 2.05) is 218 Å². The first-order valence-electron chi connectivity index (χ1n) is 27.1. The summed E-state index contributed by atoms with van der Waals surface area (Å²) in [5.41, 5.74) is 4.64. The third-order valence-corrected chi connectivity index (χ3v) is 10.8. The molecule has 0 saturated carbocycles. The van der Waals surface area contributed by atoms with Crippen LogP contribution in [0.25, 0.3) is 66.6 Å². The predicted molar refractivity (Wildman–Crippen MR) is 403 cm³/mol. The fraction of sp³-hybridized carbons (Fsp3) is 0. The van der Waals surface area contributed by atoms with Crippen LogP contribution in [0.4, 0.5) is 69.8 Å². The van der Waals surface area contributed by atoms with Crippen molar-refractivity contribution < 1.29 is 51.2 Å². The Labute approximate surface area is 633 Å². The van der Waals surface area contributed by atoms with Gasteiger partial charge in [0, 0.05) is 37.2 Å². The summed E-state index contributed by atoms with van der Waals surface area (Å²) in [5.74, 6) is 8.76. The number of pyridine rings is 12. The maximum Gasteiger partial charge on any atom is 2.00 e. The van der Waals surface area contributed by atoms with E-state index in [2.05, 4.69) is 165 Å². The molecule has 0 aliphatic heterocycles. The number of anilines is 12. The minimum atomic E-state index is 0. The summed E-state index contributed by atoms with van der Waals surface area (Å²) < 4.78 is 0. The van der Waals surface area contributed by atoms with Gasteiger partial charge in [0.2, 0.25) is 0 Å². The topological polar surface area (TPSA) is 361 Å². The van der Waals surface area contributed by atoms with E-state index in [-0.39, 0.29) is 51.2 Å². The summed E-state index contributed by atoms with van der Waals surface area (Å²) in [6, 6.07) is 68.7. The van der Waals surface area contributed by atoms with Gasteiger partial charge in [-0.25, -0.2) is 59.8 Å². The van der Waals surface area contributed by atoms with E-state index in [0.717, 1.165) is 69.1 Å². The SMILES string of the molecule is [Fe+2].[Fe+2].[Fe+2].[N-]=C=S.[N-]=C=S.[N-]=C=S.[N-]=C=S.[N-]=C=S.[N-]=C=S.c1ccc(Nc2cccc(-c3cccc(Nc4ccccn4)n3)n2)nc1.c1ccc(Nc2cccc(-c3cccc(Nc4ccccn4)n3)n2)nc1.c1ccc(Nc2cccc(-c3cccc(Nc4ccccn4)n3)n2)nc1. The molecule has 492 valence electrons. The van der Waals surface area contributed by atoms with Crippen molar-refractivity contribution in [2.45, 2.75) is 0 Å². The Kier molecular flexibility index (Phi) is 47.0. The van der Waals surface area contributed by atoms with Crippen LogP contribution >= 0.6 is 73.3 Å². The third kappa shape index (κ3) is 35.5. The van der Waals surface area contributed by atoms with Crippen molar-refractivity contribution in [2.75, 3.05) is 31.9 Å². The Balaban J connectivity index is 0.000000652. The van der Waals surface area contributed by atoms with Crippen LogP contribution in [0.1, 0.15) is 0 Å². The van der Waals surface area contributed by atoms with Crippen molar-refractivity contribution in [1.82, 2.24) is 59.8 Å². The van der Waals surface area contributed by atoms with Crippen LogP contribution in [0, 0.1) is 0 Å². The van der Waals surface area contributed by atoms with E-state index >= 15 is 0 Å². The van der Waals surface area contributed by atoms with Crippen LogP contribution in [-0.2, 0) is 51.2 Å². The minimum absolute atomic E-state index is 0. The Morgan fingerprint density at radius 2 is 0.313 bits per heavy atom. The average Bonchev–Trinajstić information content (AvgIpc) is 0.883. The fourth-order valence-electron chi connectivity index (χ4n) is 7.29. The van der Waals surface area contributed by atoms with E-state index in [9.17, 15) is 0 Å². The molecule has 0 aliphatic carbocycles. The van der Waals surface area contributed by atoms with E-state index in [1.54, 1.807) is 37.2 Å². The van der Waals surface area contributed by atoms with Crippen molar-refractivity contribution in [3.63, 3.8) is 0 Å². The van der Waals surface area contributed by atoms with Gasteiger partial charge in [0.05, 0.1) is 34.2 Å². The largest absolute Gasteiger partial charge is 2.00 e. The number of thiocarbonyl (C=S) groups is 6. The molecule has 12 aromatic heterocycles. The van der Waals surface area contributed by atoms with E-state index in [0.29, 0.717) is 34.9 Å². The van der Waals surface area contributed by atoms with Crippen LogP contribution < -0.4 is 31.9 Å². The van der Waals surface area contributed by atoms with E-state index < -0.39 is 0 Å². The van der Waals surface area contributed by atoms with Gasteiger partial charge in [-0.2, -0.15) is 31.0 Å². The van der Waals surface area contributed by atoms with Crippen LogP contribution in [0.15, 0.2) is 256 Å².